The second kappa shape index (κ2) is 6.39. The van der Waals surface area contributed by atoms with Gasteiger partial charge >= 0.3 is 5.97 Å². The van der Waals surface area contributed by atoms with E-state index < -0.39 is 10.9 Å². The van der Waals surface area contributed by atoms with Gasteiger partial charge in [-0.2, -0.15) is 0 Å². The molecule has 1 fully saturated rings. The van der Waals surface area contributed by atoms with Gasteiger partial charge in [0.1, 0.15) is 23.0 Å². The van der Waals surface area contributed by atoms with Gasteiger partial charge in [-0.05, 0) is 31.1 Å². The van der Waals surface area contributed by atoms with E-state index in [1.54, 1.807) is 0 Å². The Balaban J connectivity index is 2.10. The summed E-state index contributed by atoms with van der Waals surface area (Å²) in [6.07, 6.45) is 3.45. The van der Waals surface area contributed by atoms with Crippen LogP contribution < -0.4 is 0 Å². The summed E-state index contributed by atoms with van der Waals surface area (Å²) in [5.74, 6) is 0.446. The van der Waals surface area contributed by atoms with Crippen molar-refractivity contribution < 1.29 is 14.5 Å². The van der Waals surface area contributed by atoms with E-state index in [0.29, 0.717) is 11.8 Å². The van der Waals surface area contributed by atoms with Gasteiger partial charge in [-0.25, -0.2) is 9.78 Å². The molecule has 6 nitrogen and oxygen atoms in total. The van der Waals surface area contributed by atoms with E-state index in [1.165, 1.54) is 0 Å². The van der Waals surface area contributed by atoms with E-state index >= 15 is 0 Å². The average Bonchev–Trinajstić information content (AvgIpc) is 2.43. The van der Waals surface area contributed by atoms with Crippen molar-refractivity contribution in [1.29, 1.82) is 0 Å². The molecule has 0 radical (unpaired) electrons. The predicted octanol–water partition coefficient (Wildman–Crippen LogP) is 3.62. The smallest absolute Gasteiger partial charge is 0.341 e. The fourth-order valence-corrected chi connectivity index (χ4v) is 2.68. The highest BCUT2D eigenvalue weighted by molar-refractivity contribution is 6.32. The Morgan fingerprint density at radius 1 is 1.43 bits per heavy atom. The number of rotatable bonds is 3. The number of halogens is 1. The largest absolute Gasteiger partial charge is 0.459 e. The van der Waals surface area contributed by atoms with Crippen LogP contribution in [0.15, 0.2) is 12.3 Å². The summed E-state index contributed by atoms with van der Waals surface area (Å²) in [7, 11) is 0. The number of hydrogen-bond acceptors (Lipinski definition) is 5. The Morgan fingerprint density at radius 2 is 2.14 bits per heavy atom. The lowest BCUT2D eigenvalue weighted by Crippen LogP contribution is -2.28. The molecule has 0 amide bonds. The number of ether oxygens (including phenoxy) is 1. The van der Waals surface area contributed by atoms with Crippen LogP contribution in [0.3, 0.4) is 0 Å². The summed E-state index contributed by atoms with van der Waals surface area (Å²) in [4.78, 5) is 25.9. The summed E-state index contributed by atoms with van der Waals surface area (Å²) < 4.78 is 5.43. The first-order valence-electron chi connectivity index (χ1n) is 6.89. The highest BCUT2D eigenvalue weighted by Crippen LogP contribution is 2.32. The SMILES string of the molecule is CC1CCC(OC(=O)c2cc([N+](=O)[O-])cnc2Cl)CC1C. The van der Waals surface area contributed by atoms with E-state index in [-0.39, 0.29) is 22.5 Å². The van der Waals surface area contributed by atoms with Crippen LogP contribution in [-0.4, -0.2) is 22.0 Å². The third kappa shape index (κ3) is 3.69. The fourth-order valence-electron chi connectivity index (χ4n) is 2.50. The topological polar surface area (TPSA) is 82.3 Å². The minimum absolute atomic E-state index is 0.0582. The van der Waals surface area contributed by atoms with Gasteiger partial charge in [0.2, 0.25) is 0 Å². The second-order valence-electron chi connectivity index (χ2n) is 5.58. The van der Waals surface area contributed by atoms with Crippen LogP contribution in [-0.2, 0) is 4.74 Å². The van der Waals surface area contributed by atoms with E-state index in [1.807, 2.05) is 0 Å². The molecule has 0 spiro atoms. The first kappa shape index (κ1) is 15.7. The van der Waals surface area contributed by atoms with Crippen LogP contribution in [0.5, 0.6) is 0 Å². The number of nitro groups is 1. The van der Waals surface area contributed by atoms with E-state index in [0.717, 1.165) is 31.5 Å². The van der Waals surface area contributed by atoms with Crippen LogP contribution in [0.4, 0.5) is 5.69 Å². The molecule has 3 atom stereocenters. The van der Waals surface area contributed by atoms with E-state index in [2.05, 4.69) is 18.8 Å². The molecule has 3 unspecified atom stereocenters. The molecular weight excluding hydrogens is 296 g/mol. The van der Waals surface area contributed by atoms with Gasteiger partial charge in [0.15, 0.2) is 0 Å². The predicted molar refractivity (Wildman–Crippen MR) is 77.3 cm³/mol. The highest BCUT2D eigenvalue weighted by atomic mass is 35.5. The Kier molecular flexibility index (Phi) is 4.77. The lowest BCUT2D eigenvalue weighted by atomic mass is 9.80. The van der Waals surface area contributed by atoms with Crippen LogP contribution in [0.2, 0.25) is 5.15 Å². The van der Waals surface area contributed by atoms with Crippen LogP contribution in [0, 0.1) is 22.0 Å². The summed E-state index contributed by atoms with van der Waals surface area (Å²) in [5.41, 5.74) is -0.339. The minimum atomic E-state index is -0.650. The zero-order valence-corrected chi connectivity index (χ0v) is 12.7. The third-order valence-electron chi connectivity index (χ3n) is 4.08. The number of esters is 1. The van der Waals surface area contributed by atoms with Crippen molar-refractivity contribution >= 4 is 23.3 Å². The molecule has 7 heteroatoms. The Morgan fingerprint density at radius 3 is 2.76 bits per heavy atom. The molecule has 0 bridgehead atoms. The summed E-state index contributed by atoms with van der Waals surface area (Å²) >= 11 is 5.83. The maximum atomic E-state index is 12.1. The van der Waals surface area contributed by atoms with E-state index in [9.17, 15) is 14.9 Å². The number of hydrogen-bond donors (Lipinski definition) is 0. The number of nitrogens with zero attached hydrogens (tertiary/aromatic N) is 2. The molecule has 1 aliphatic carbocycles. The van der Waals surface area contributed by atoms with Gasteiger partial charge < -0.3 is 4.74 Å². The van der Waals surface area contributed by atoms with E-state index in [4.69, 9.17) is 16.3 Å². The number of carbonyl (C=O) groups is 1. The van der Waals surface area contributed by atoms with Crippen molar-refractivity contribution in [2.24, 2.45) is 11.8 Å². The quantitative estimate of drug-likeness (QED) is 0.368. The fraction of sp³-hybridized carbons (Fsp3) is 0.571. The second-order valence-corrected chi connectivity index (χ2v) is 5.94. The lowest BCUT2D eigenvalue weighted by molar-refractivity contribution is -0.385. The van der Waals surface area contributed by atoms with Crippen molar-refractivity contribution in [3.63, 3.8) is 0 Å². The maximum absolute atomic E-state index is 12.1. The van der Waals surface area contributed by atoms with Gasteiger partial charge in [-0.3, -0.25) is 10.1 Å². The molecule has 1 aromatic rings. The van der Waals surface area contributed by atoms with Gasteiger partial charge in [-0.1, -0.05) is 25.4 Å². The summed E-state index contributed by atoms with van der Waals surface area (Å²) in [6.45, 7) is 4.32. The molecule has 114 valence electrons. The standard InChI is InChI=1S/C14H17ClN2O4/c1-8-3-4-11(5-9(8)2)21-14(18)12-6-10(17(19)20)7-16-13(12)15/h6-9,11H,3-5H2,1-2H3. The van der Waals surface area contributed by atoms with Crippen molar-refractivity contribution in [2.45, 2.75) is 39.2 Å². The molecule has 1 aromatic heterocycles. The van der Waals surface area contributed by atoms with Gasteiger partial charge in [0.05, 0.1) is 4.92 Å². The Bertz CT molecular complexity index is 564. The molecule has 0 aromatic carbocycles. The Hall–Kier alpha value is -1.69. The minimum Gasteiger partial charge on any atom is -0.459 e. The summed E-state index contributed by atoms with van der Waals surface area (Å²) in [5, 5.41) is 10.6. The molecule has 0 saturated heterocycles. The highest BCUT2D eigenvalue weighted by Gasteiger charge is 2.28. The molecule has 0 N–H and O–H groups in total. The summed E-state index contributed by atoms with van der Waals surface area (Å²) in [6, 6.07) is 1.10. The zero-order chi connectivity index (χ0) is 15.6. The molecule has 1 heterocycles. The van der Waals surface area contributed by atoms with Crippen LogP contribution in [0.25, 0.3) is 0 Å². The molecule has 1 saturated carbocycles. The lowest BCUT2D eigenvalue weighted by Gasteiger charge is -2.31. The Labute approximate surface area is 127 Å². The molecule has 1 aliphatic rings. The molecule has 21 heavy (non-hydrogen) atoms. The van der Waals surface area contributed by atoms with Gasteiger partial charge in [-0.15, -0.1) is 0 Å². The molecule has 0 aliphatic heterocycles. The van der Waals surface area contributed by atoms with Gasteiger partial charge in [0.25, 0.3) is 5.69 Å². The van der Waals surface area contributed by atoms with Crippen molar-refractivity contribution in [3.05, 3.63) is 33.1 Å². The van der Waals surface area contributed by atoms with Gasteiger partial charge in [0, 0.05) is 6.07 Å². The first-order chi connectivity index (χ1) is 9.88. The monoisotopic (exact) mass is 312 g/mol. The normalized spacial score (nSPS) is 25.4. The number of pyridine rings is 1. The van der Waals surface area contributed by atoms with Crippen molar-refractivity contribution in [3.8, 4) is 0 Å². The molecular formula is C14H17ClN2O4. The molecule has 2 rings (SSSR count). The number of carbonyl (C=O) groups excluding carboxylic acids is 1. The average molecular weight is 313 g/mol. The van der Waals surface area contributed by atoms with Crippen LogP contribution >= 0.6 is 11.6 Å². The third-order valence-corrected chi connectivity index (χ3v) is 4.38. The van der Waals surface area contributed by atoms with Crippen molar-refractivity contribution in [2.75, 3.05) is 0 Å². The maximum Gasteiger partial charge on any atom is 0.341 e. The van der Waals surface area contributed by atoms with Crippen molar-refractivity contribution in [1.82, 2.24) is 4.98 Å². The zero-order valence-electron chi connectivity index (χ0n) is 11.9. The van der Waals surface area contributed by atoms with Crippen LogP contribution in [0.1, 0.15) is 43.5 Å². The first-order valence-corrected chi connectivity index (χ1v) is 7.27. The number of aromatic nitrogens is 1.